The molecule has 2 N–H and O–H groups in total. The standard InChI is InChI=1S/C20H15N3O3S/c1-26-19(25)14-7-3-5-9-16(14)22-20-23-18(24)17(27-20)10-12-11-21-15-8-4-2-6-13(12)15/h2-11,24H,1H3,(H,22,23)/b12-10+. The molecule has 2 heterocycles. The van der Waals surface area contributed by atoms with E-state index >= 15 is 0 Å². The lowest BCUT2D eigenvalue weighted by Crippen LogP contribution is -2.05. The number of thiazole rings is 1. The fourth-order valence-corrected chi connectivity index (χ4v) is 3.59. The molecule has 1 aliphatic rings. The molecule has 1 aromatic heterocycles. The number of benzene rings is 2. The lowest BCUT2D eigenvalue weighted by atomic mass is 10.1. The van der Waals surface area contributed by atoms with Gasteiger partial charge in [-0.15, -0.1) is 0 Å². The van der Waals surface area contributed by atoms with Crippen molar-refractivity contribution < 1.29 is 14.6 Å². The molecule has 0 aliphatic carbocycles. The Labute approximate surface area is 159 Å². The van der Waals surface area contributed by atoms with Crippen molar-refractivity contribution in [1.82, 2.24) is 4.98 Å². The Bertz CT molecular complexity index is 1090. The van der Waals surface area contributed by atoms with Gasteiger partial charge in [-0.2, -0.15) is 4.98 Å². The van der Waals surface area contributed by atoms with Gasteiger partial charge in [-0.3, -0.25) is 4.99 Å². The van der Waals surface area contributed by atoms with E-state index in [0.717, 1.165) is 16.8 Å². The molecule has 4 rings (SSSR count). The molecule has 0 radical (unpaired) electrons. The lowest BCUT2D eigenvalue weighted by molar-refractivity contribution is 0.0602. The van der Waals surface area contributed by atoms with Crippen LogP contribution >= 0.6 is 11.3 Å². The summed E-state index contributed by atoms with van der Waals surface area (Å²) >= 11 is 1.28. The van der Waals surface area contributed by atoms with Gasteiger partial charge in [-0.1, -0.05) is 41.7 Å². The van der Waals surface area contributed by atoms with Crippen LogP contribution in [0.1, 0.15) is 20.8 Å². The molecule has 1 aliphatic heterocycles. The highest BCUT2D eigenvalue weighted by molar-refractivity contribution is 7.16. The van der Waals surface area contributed by atoms with Crippen LogP contribution in [0.4, 0.5) is 16.5 Å². The summed E-state index contributed by atoms with van der Waals surface area (Å²) in [6, 6.07) is 14.8. The van der Waals surface area contributed by atoms with Crippen LogP contribution in [0, 0.1) is 0 Å². The predicted molar refractivity (Wildman–Crippen MR) is 107 cm³/mol. The van der Waals surface area contributed by atoms with Gasteiger partial charge >= 0.3 is 5.97 Å². The van der Waals surface area contributed by atoms with Gasteiger partial charge in [-0.05, 0) is 24.3 Å². The molecule has 2 aromatic carbocycles. The number of aromatic nitrogens is 1. The second-order valence-corrected chi connectivity index (χ2v) is 6.77. The number of nitrogens with zero attached hydrogens (tertiary/aromatic N) is 2. The zero-order chi connectivity index (χ0) is 18.8. The van der Waals surface area contributed by atoms with Crippen molar-refractivity contribution in [3.63, 3.8) is 0 Å². The number of anilines is 2. The molecule has 7 heteroatoms. The summed E-state index contributed by atoms with van der Waals surface area (Å²) in [5.41, 5.74) is 3.77. The maximum atomic E-state index is 11.9. The molecule has 0 unspecified atom stereocenters. The van der Waals surface area contributed by atoms with Crippen molar-refractivity contribution in [2.45, 2.75) is 0 Å². The van der Waals surface area contributed by atoms with Gasteiger partial charge < -0.3 is 15.2 Å². The molecule has 0 bridgehead atoms. The first-order chi connectivity index (χ1) is 13.2. The second kappa shape index (κ2) is 7.05. The van der Waals surface area contributed by atoms with Crippen molar-refractivity contribution in [2.24, 2.45) is 4.99 Å². The maximum Gasteiger partial charge on any atom is 0.339 e. The van der Waals surface area contributed by atoms with E-state index in [0.29, 0.717) is 21.3 Å². The van der Waals surface area contributed by atoms with Crippen molar-refractivity contribution in [1.29, 1.82) is 0 Å². The molecular weight excluding hydrogens is 362 g/mol. The van der Waals surface area contributed by atoms with E-state index in [2.05, 4.69) is 15.3 Å². The number of rotatable bonds is 4. The third kappa shape index (κ3) is 3.32. The van der Waals surface area contributed by atoms with Crippen LogP contribution in [0.2, 0.25) is 0 Å². The molecule has 0 atom stereocenters. The van der Waals surface area contributed by atoms with Crippen LogP contribution in [-0.4, -0.2) is 29.4 Å². The first-order valence-corrected chi connectivity index (χ1v) is 8.96. The van der Waals surface area contributed by atoms with Gasteiger partial charge in [0.1, 0.15) is 0 Å². The average Bonchev–Trinajstić information content (AvgIpc) is 3.25. The molecule has 27 heavy (non-hydrogen) atoms. The van der Waals surface area contributed by atoms with Gasteiger partial charge in [0, 0.05) is 17.4 Å². The van der Waals surface area contributed by atoms with E-state index in [1.807, 2.05) is 30.3 Å². The largest absolute Gasteiger partial charge is 0.492 e. The van der Waals surface area contributed by atoms with E-state index in [1.54, 1.807) is 30.5 Å². The van der Waals surface area contributed by atoms with Crippen molar-refractivity contribution in [3.05, 3.63) is 64.5 Å². The summed E-state index contributed by atoms with van der Waals surface area (Å²) in [4.78, 5) is 21.0. The number of nitrogens with one attached hydrogen (secondary N) is 1. The van der Waals surface area contributed by atoms with E-state index in [-0.39, 0.29) is 5.88 Å². The van der Waals surface area contributed by atoms with Crippen LogP contribution in [-0.2, 0) is 4.74 Å². The zero-order valence-electron chi connectivity index (χ0n) is 14.3. The summed E-state index contributed by atoms with van der Waals surface area (Å²) in [6.07, 6.45) is 3.61. The molecule has 0 saturated heterocycles. The molecule has 0 amide bonds. The fraction of sp³-hybridized carbons (Fsp3) is 0.0500. The summed E-state index contributed by atoms with van der Waals surface area (Å²) in [7, 11) is 1.33. The molecule has 6 nitrogen and oxygen atoms in total. The fourth-order valence-electron chi connectivity index (χ4n) is 2.76. The number of ether oxygens (including phenoxy) is 1. The van der Waals surface area contributed by atoms with Crippen LogP contribution in [0.15, 0.2) is 53.5 Å². The van der Waals surface area contributed by atoms with Crippen LogP contribution in [0.3, 0.4) is 0 Å². The number of allylic oxidation sites excluding steroid dienone is 1. The van der Waals surface area contributed by atoms with Crippen molar-refractivity contribution in [3.8, 4) is 5.88 Å². The number of carbonyl (C=O) groups excluding carboxylic acids is 1. The summed E-state index contributed by atoms with van der Waals surface area (Å²) in [5, 5.41) is 13.8. The van der Waals surface area contributed by atoms with Crippen molar-refractivity contribution >= 4 is 51.7 Å². The number of hydrogen-bond donors (Lipinski definition) is 2. The number of methoxy groups -OCH3 is 1. The van der Waals surface area contributed by atoms with Gasteiger partial charge in [0.05, 0.1) is 28.9 Å². The van der Waals surface area contributed by atoms with E-state index in [9.17, 15) is 9.90 Å². The van der Waals surface area contributed by atoms with Crippen molar-refractivity contribution in [2.75, 3.05) is 12.4 Å². The average molecular weight is 377 g/mol. The Morgan fingerprint density at radius 2 is 1.96 bits per heavy atom. The third-order valence-electron chi connectivity index (χ3n) is 4.05. The number of aromatic hydroxyl groups is 1. The minimum atomic E-state index is -0.444. The van der Waals surface area contributed by atoms with Crippen LogP contribution in [0.25, 0.3) is 11.6 Å². The number of hydrogen-bond acceptors (Lipinski definition) is 7. The topological polar surface area (TPSA) is 83.8 Å². The lowest BCUT2D eigenvalue weighted by Gasteiger charge is -2.07. The number of esters is 1. The maximum absolute atomic E-state index is 11.9. The molecule has 0 fully saturated rings. The third-order valence-corrected chi connectivity index (χ3v) is 4.96. The Kier molecular flexibility index (Phi) is 4.43. The Hall–Kier alpha value is -3.45. The highest BCUT2D eigenvalue weighted by atomic mass is 32.1. The summed E-state index contributed by atoms with van der Waals surface area (Å²) in [6.45, 7) is 0. The number of carbonyl (C=O) groups is 1. The highest BCUT2D eigenvalue weighted by Gasteiger charge is 2.16. The Morgan fingerprint density at radius 3 is 2.81 bits per heavy atom. The van der Waals surface area contributed by atoms with Gasteiger partial charge in [0.2, 0.25) is 5.88 Å². The van der Waals surface area contributed by atoms with Gasteiger partial charge in [0.15, 0.2) is 5.13 Å². The van der Waals surface area contributed by atoms with E-state index in [4.69, 9.17) is 4.74 Å². The zero-order valence-corrected chi connectivity index (χ0v) is 15.2. The predicted octanol–water partition coefficient (Wildman–Crippen LogP) is 4.64. The van der Waals surface area contributed by atoms with E-state index in [1.165, 1.54) is 18.4 Å². The van der Waals surface area contributed by atoms with E-state index < -0.39 is 5.97 Å². The quantitative estimate of drug-likeness (QED) is 0.648. The van der Waals surface area contributed by atoms with Crippen LogP contribution in [0.5, 0.6) is 5.88 Å². The first kappa shape index (κ1) is 17.0. The molecular formula is C20H15N3O3S. The molecule has 3 aromatic rings. The minimum Gasteiger partial charge on any atom is -0.492 e. The second-order valence-electron chi connectivity index (χ2n) is 5.74. The Balaban J connectivity index is 1.63. The SMILES string of the molecule is COC(=O)c1ccccc1Nc1nc(O)c(/C=C2\C=Nc3ccccc32)s1. The molecule has 134 valence electrons. The minimum absolute atomic E-state index is 0.0802. The van der Waals surface area contributed by atoms with Gasteiger partial charge in [0.25, 0.3) is 0 Å². The number of para-hydroxylation sites is 2. The summed E-state index contributed by atoms with van der Waals surface area (Å²) < 4.78 is 4.80. The number of aliphatic imine (C=N–C) groups is 1. The monoisotopic (exact) mass is 377 g/mol. The van der Waals surface area contributed by atoms with Crippen LogP contribution < -0.4 is 5.32 Å². The molecule has 0 spiro atoms. The molecule has 0 saturated carbocycles. The first-order valence-electron chi connectivity index (χ1n) is 8.15. The summed E-state index contributed by atoms with van der Waals surface area (Å²) in [5.74, 6) is -0.525. The number of fused-ring (bicyclic) bond motifs is 1. The normalized spacial score (nSPS) is 13.6. The Morgan fingerprint density at radius 1 is 1.19 bits per heavy atom. The van der Waals surface area contributed by atoms with Gasteiger partial charge in [-0.25, -0.2) is 4.79 Å². The smallest absolute Gasteiger partial charge is 0.339 e. The highest BCUT2D eigenvalue weighted by Crippen LogP contribution is 2.37.